The Balaban J connectivity index is 1.90. The van der Waals surface area contributed by atoms with E-state index in [-0.39, 0.29) is 11.3 Å². The predicted octanol–water partition coefficient (Wildman–Crippen LogP) is 2.98. The fraction of sp³-hybridized carbons (Fsp3) is 0.500. The molecule has 0 spiro atoms. The van der Waals surface area contributed by atoms with Crippen molar-refractivity contribution >= 4 is 33.4 Å². The lowest BCUT2D eigenvalue weighted by atomic mass is 10.0. The van der Waals surface area contributed by atoms with Crippen LogP contribution < -0.4 is 5.32 Å². The summed E-state index contributed by atoms with van der Waals surface area (Å²) in [5.74, 6) is 0.591. The molecule has 0 unspecified atom stereocenters. The van der Waals surface area contributed by atoms with Crippen LogP contribution in [0, 0.1) is 5.41 Å². The molecule has 1 amide bonds. The molecule has 0 saturated heterocycles. The number of hydrogen-bond donors (Lipinski definition) is 1. The molecule has 1 fully saturated rings. The molecule has 17 heavy (non-hydrogen) atoms. The zero-order chi connectivity index (χ0) is 12.3. The highest BCUT2D eigenvalue weighted by molar-refractivity contribution is 9.10. The second-order valence-corrected chi connectivity index (χ2v) is 5.81. The highest BCUT2D eigenvalue weighted by Gasteiger charge is 2.41. The molecule has 1 aromatic heterocycles. The number of pyridine rings is 1. The lowest BCUT2D eigenvalue weighted by Crippen LogP contribution is -2.30. The van der Waals surface area contributed by atoms with Gasteiger partial charge in [0.1, 0.15) is 0 Å². The van der Waals surface area contributed by atoms with Crippen LogP contribution in [0.5, 0.6) is 0 Å². The van der Waals surface area contributed by atoms with Crippen LogP contribution in [-0.2, 0) is 0 Å². The third kappa shape index (κ3) is 3.42. The molecule has 0 aliphatic heterocycles. The van der Waals surface area contributed by atoms with Crippen LogP contribution >= 0.6 is 27.5 Å². The minimum atomic E-state index is -0.0698. The third-order valence-corrected chi connectivity index (χ3v) is 3.80. The molecule has 2 rings (SSSR count). The third-order valence-electron chi connectivity index (χ3n) is 3.17. The second kappa shape index (κ2) is 5.36. The number of hydrogen-bond acceptors (Lipinski definition) is 2. The molecule has 1 saturated carbocycles. The average Bonchev–Trinajstić information content (AvgIpc) is 3.07. The molecule has 1 heterocycles. The van der Waals surface area contributed by atoms with Crippen LogP contribution in [0.2, 0.25) is 0 Å². The van der Waals surface area contributed by atoms with E-state index in [4.69, 9.17) is 11.6 Å². The number of rotatable bonds is 5. The summed E-state index contributed by atoms with van der Waals surface area (Å²) < 4.78 is 0.812. The number of alkyl halides is 1. The topological polar surface area (TPSA) is 42.0 Å². The first-order valence-electron chi connectivity index (χ1n) is 5.60. The molecule has 1 aliphatic rings. The smallest absolute Gasteiger partial charge is 0.252 e. The van der Waals surface area contributed by atoms with Crippen molar-refractivity contribution in [1.29, 1.82) is 0 Å². The Kier molecular flexibility index (Phi) is 4.05. The quantitative estimate of drug-likeness (QED) is 0.848. The first kappa shape index (κ1) is 12.8. The Morgan fingerprint density at radius 1 is 1.53 bits per heavy atom. The van der Waals surface area contributed by atoms with E-state index < -0.39 is 0 Å². The lowest BCUT2D eigenvalue weighted by molar-refractivity contribution is 0.0944. The monoisotopic (exact) mass is 316 g/mol. The van der Waals surface area contributed by atoms with Gasteiger partial charge in [-0.15, -0.1) is 11.6 Å². The highest BCUT2D eigenvalue weighted by Crippen LogP contribution is 2.48. The summed E-state index contributed by atoms with van der Waals surface area (Å²) in [5, 5.41) is 2.96. The molecule has 0 radical (unpaired) electrons. The van der Waals surface area contributed by atoms with Gasteiger partial charge in [0, 0.05) is 29.3 Å². The Morgan fingerprint density at radius 3 is 2.88 bits per heavy atom. The van der Waals surface area contributed by atoms with Gasteiger partial charge in [0.25, 0.3) is 5.91 Å². The van der Waals surface area contributed by atoms with Crippen LogP contribution in [0.1, 0.15) is 29.6 Å². The maximum absolute atomic E-state index is 11.9. The Labute approximate surface area is 114 Å². The van der Waals surface area contributed by atoms with E-state index in [0.717, 1.165) is 23.7 Å². The largest absolute Gasteiger partial charge is 0.351 e. The molecular weight excluding hydrogens is 304 g/mol. The molecule has 1 aromatic rings. The molecule has 0 atom stereocenters. The summed E-state index contributed by atoms with van der Waals surface area (Å²) >= 11 is 9.05. The number of aromatic nitrogens is 1. The maximum atomic E-state index is 11.9. The first-order valence-corrected chi connectivity index (χ1v) is 6.93. The van der Waals surface area contributed by atoms with Crippen LogP contribution in [0.25, 0.3) is 0 Å². The van der Waals surface area contributed by atoms with Gasteiger partial charge in [0.15, 0.2) is 0 Å². The molecule has 3 nitrogen and oxygen atoms in total. The molecule has 92 valence electrons. The Hall–Kier alpha value is -0.610. The van der Waals surface area contributed by atoms with E-state index in [0.29, 0.717) is 18.0 Å². The van der Waals surface area contributed by atoms with Crippen LogP contribution in [-0.4, -0.2) is 23.3 Å². The van der Waals surface area contributed by atoms with Gasteiger partial charge in [-0.3, -0.25) is 9.78 Å². The number of carbonyl (C=O) groups excluding carboxylic acids is 1. The minimum absolute atomic E-state index is 0.0698. The number of carbonyl (C=O) groups is 1. The van der Waals surface area contributed by atoms with Crippen molar-refractivity contribution in [3.8, 4) is 0 Å². The highest BCUT2D eigenvalue weighted by atomic mass is 79.9. The summed E-state index contributed by atoms with van der Waals surface area (Å²) in [6.45, 7) is 0.713. The first-order chi connectivity index (χ1) is 8.15. The molecule has 1 N–H and O–H groups in total. The Morgan fingerprint density at radius 2 is 2.29 bits per heavy atom. The van der Waals surface area contributed by atoms with Crippen molar-refractivity contribution in [1.82, 2.24) is 10.3 Å². The fourth-order valence-corrected chi connectivity index (χ4v) is 2.56. The summed E-state index contributed by atoms with van der Waals surface area (Å²) in [6, 6.07) is 1.77. The van der Waals surface area contributed by atoms with E-state index >= 15 is 0 Å². The van der Waals surface area contributed by atoms with E-state index in [2.05, 4.69) is 26.2 Å². The second-order valence-electron chi connectivity index (χ2n) is 4.51. The van der Waals surface area contributed by atoms with Gasteiger partial charge < -0.3 is 5.32 Å². The van der Waals surface area contributed by atoms with Gasteiger partial charge in [0.05, 0.1) is 5.56 Å². The normalized spacial score (nSPS) is 16.6. The van der Waals surface area contributed by atoms with E-state index in [1.165, 1.54) is 0 Å². The number of halogens is 2. The van der Waals surface area contributed by atoms with Crippen molar-refractivity contribution in [2.45, 2.75) is 19.3 Å². The summed E-state index contributed by atoms with van der Waals surface area (Å²) in [5.41, 5.74) is 0.845. The van der Waals surface area contributed by atoms with Gasteiger partial charge in [-0.2, -0.15) is 0 Å². The zero-order valence-corrected chi connectivity index (χ0v) is 11.7. The van der Waals surface area contributed by atoms with E-state index in [1.807, 2.05) is 0 Å². The van der Waals surface area contributed by atoms with Crippen molar-refractivity contribution in [2.24, 2.45) is 5.41 Å². The maximum Gasteiger partial charge on any atom is 0.252 e. The standard InChI is InChI=1S/C12H14BrClN2O/c13-10-5-9(6-15-7-10)11(17)16-8-12(1-2-12)3-4-14/h5-7H,1-4,8H2,(H,16,17). The fourth-order valence-electron chi connectivity index (χ4n) is 1.80. The van der Waals surface area contributed by atoms with E-state index in [9.17, 15) is 4.79 Å². The lowest BCUT2D eigenvalue weighted by Gasteiger charge is -2.14. The van der Waals surface area contributed by atoms with Crippen molar-refractivity contribution < 1.29 is 4.79 Å². The number of amides is 1. The molecule has 1 aliphatic carbocycles. The van der Waals surface area contributed by atoms with E-state index in [1.54, 1.807) is 18.5 Å². The number of nitrogens with zero attached hydrogens (tertiary/aromatic N) is 1. The van der Waals surface area contributed by atoms with Crippen LogP contribution in [0.4, 0.5) is 0 Å². The molecular formula is C12H14BrClN2O. The number of nitrogens with one attached hydrogen (secondary N) is 1. The molecule has 0 bridgehead atoms. The van der Waals surface area contributed by atoms with Gasteiger partial charge in [-0.25, -0.2) is 0 Å². The van der Waals surface area contributed by atoms with Gasteiger partial charge >= 0.3 is 0 Å². The molecule has 0 aromatic carbocycles. The summed E-state index contributed by atoms with van der Waals surface area (Å²) in [7, 11) is 0. The minimum Gasteiger partial charge on any atom is -0.351 e. The van der Waals surface area contributed by atoms with Crippen molar-refractivity contribution in [2.75, 3.05) is 12.4 Å². The van der Waals surface area contributed by atoms with Crippen LogP contribution in [0.3, 0.4) is 0 Å². The predicted molar refractivity (Wildman–Crippen MR) is 71.3 cm³/mol. The zero-order valence-electron chi connectivity index (χ0n) is 9.38. The van der Waals surface area contributed by atoms with Crippen LogP contribution in [0.15, 0.2) is 22.9 Å². The molecule has 5 heteroatoms. The summed E-state index contributed by atoms with van der Waals surface area (Å²) in [4.78, 5) is 15.8. The Bertz CT molecular complexity index is 421. The van der Waals surface area contributed by atoms with Gasteiger partial charge in [-0.05, 0) is 46.7 Å². The van der Waals surface area contributed by atoms with Gasteiger partial charge in [-0.1, -0.05) is 0 Å². The van der Waals surface area contributed by atoms with Crippen molar-refractivity contribution in [3.05, 3.63) is 28.5 Å². The summed E-state index contributed by atoms with van der Waals surface area (Å²) in [6.07, 6.45) is 6.53. The van der Waals surface area contributed by atoms with Crippen molar-refractivity contribution in [3.63, 3.8) is 0 Å². The SMILES string of the molecule is O=C(NCC1(CCCl)CC1)c1cncc(Br)c1. The average molecular weight is 318 g/mol. The van der Waals surface area contributed by atoms with Gasteiger partial charge in [0.2, 0.25) is 0 Å².